The number of benzene rings is 1. The summed E-state index contributed by atoms with van der Waals surface area (Å²) in [4.78, 5) is 38.3. The highest BCUT2D eigenvalue weighted by atomic mass is 16.5. The van der Waals surface area contributed by atoms with E-state index >= 15 is 0 Å². The van der Waals surface area contributed by atoms with E-state index in [0.29, 0.717) is 30.7 Å². The lowest BCUT2D eigenvalue weighted by Crippen LogP contribution is -2.58. The van der Waals surface area contributed by atoms with E-state index in [0.717, 1.165) is 48.5 Å². The first-order valence-corrected chi connectivity index (χ1v) is 13.6. The molecule has 2 aliphatic heterocycles. The Kier molecular flexibility index (Phi) is 6.07. The fourth-order valence-electron chi connectivity index (χ4n) is 7.96. The van der Waals surface area contributed by atoms with Crippen molar-refractivity contribution < 1.29 is 19.1 Å². The van der Waals surface area contributed by atoms with Crippen LogP contribution in [0, 0.1) is 17.8 Å². The lowest BCUT2D eigenvalue weighted by atomic mass is 9.53. The Balaban J connectivity index is 0.959. The molecule has 4 aliphatic carbocycles. The number of carbonyl (C=O) groups excluding carboxylic acids is 3. The molecule has 4 bridgehead atoms. The number of piperidine rings is 1. The van der Waals surface area contributed by atoms with Crippen LogP contribution in [0.5, 0.6) is 5.75 Å². The minimum atomic E-state index is -0.595. The maximum Gasteiger partial charge on any atom is 0.255 e. The van der Waals surface area contributed by atoms with Gasteiger partial charge >= 0.3 is 0 Å². The molecule has 3 amide bonds. The first-order chi connectivity index (χ1) is 17.0. The fourth-order valence-corrected chi connectivity index (χ4v) is 7.96. The minimum absolute atomic E-state index is 0.157. The van der Waals surface area contributed by atoms with Crippen LogP contribution in [0.15, 0.2) is 18.2 Å². The van der Waals surface area contributed by atoms with E-state index in [9.17, 15) is 14.4 Å². The van der Waals surface area contributed by atoms with E-state index in [4.69, 9.17) is 4.74 Å². The summed E-state index contributed by atoms with van der Waals surface area (Å²) in [5.41, 5.74) is 1.90. The number of nitrogens with one attached hydrogen (secondary N) is 2. The molecule has 1 unspecified atom stereocenters. The highest BCUT2D eigenvalue weighted by molar-refractivity contribution is 6.05. The van der Waals surface area contributed by atoms with Crippen molar-refractivity contribution in [1.29, 1.82) is 0 Å². The summed E-state index contributed by atoms with van der Waals surface area (Å²) in [7, 11) is 0. The maximum atomic E-state index is 13.0. The predicted octanol–water partition coefficient (Wildman–Crippen LogP) is 3.56. The van der Waals surface area contributed by atoms with Gasteiger partial charge in [0.1, 0.15) is 11.8 Å². The molecule has 2 heterocycles. The van der Waals surface area contributed by atoms with Gasteiger partial charge in [-0.15, -0.1) is 0 Å². The molecule has 5 fully saturated rings. The molecule has 0 radical (unpaired) electrons. The molecule has 1 saturated heterocycles. The van der Waals surface area contributed by atoms with Gasteiger partial charge in [0, 0.05) is 23.1 Å². The first kappa shape index (κ1) is 23.0. The second-order valence-electron chi connectivity index (χ2n) is 11.7. The van der Waals surface area contributed by atoms with Crippen molar-refractivity contribution >= 4 is 17.7 Å². The normalized spacial score (nSPS) is 33.3. The van der Waals surface area contributed by atoms with E-state index in [1.807, 2.05) is 12.1 Å². The molecule has 1 aromatic carbocycles. The van der Waals surface area contributed by atoms with Crippen LogP contribution in [-0.4, -0.2) is 47.4 Å². The Hall–Kier alpha value is -2.41. The zero-order valence-electron chi connectivity index (χ0n) is 20.5. The van der Waals surface area contributed by atoms with Crippen molar-refractivity contribution in [3.8, 4) is 5.75 Å². The summed E-state index contributed by atoms with van der Waals surface area (Å²) < 4.78 is 6.10. The van der Waals surface area contributed by atoms with Gasteiger partial charge in [-0.25, -0.2) is 0 Å². The van der Waals surface area contributed by atoms with Crippen molar-refractivity contribution in [1.82, 2.24) is 15.5 Å². The van der Waals surface area contributed by atoms with Crippen LogP contribution in [0.2, 0.25) is 0 Å². The Morgan fingerprint density at radius 1 is 1.00 bits per heavy atom. The van der Waals surface area contributed by atoms with Crippen LogP contribution >= 0.6 is 0 Å². The number of rotatable bonds is 9. The molecule has 7 heteroatoms. The van der Waals surface area contributed by atoms with Gasteiger partial charge in [-0.3, -0.25) is 19.7 Å². The standard InChI is InChI=1S/C28H37N3O4/c32-25-8-7-23(26(33)30-25)31-17-22-21(27(31)34)5-4-6-24(22)35-10-3-1-2-9-29-28-14-18-11-19(15-28)13-20(12-18)16-28/h4-6,18-20,23,29H,1-3,7-17H2,(H,30,32,33). The van der Waals surface area contributed by atoms with Crippen LogP contribution < -0.4 is 15.4 Å². The molecule has 1 atom stereocenters. The lowest BCUT2D eigenvalue weighted by molar-refractivity contribution is -0.136. The summed E-state index contributed by atoms with van der Waals surface area (Å²) in [5.74, 6) is 2.86. The molecule has 4 saturated carbocycles. The van der Waals surface area contributed by atoms with Crippen molar-refractivity contribution in [2.24, 2.45) is 17.8 Å². The minimum Gasteiger partial charge on any atom is -0.493 e. The van der Waals surface area contributed by atoms with Gasteiger partial charge in [0.05, 0.1) is 13.2 Å². The third-order valence-corrected chi connectivity index (χ3v) is 9.16. The molecule has 35 heavy (non-hydrogen) atoms. The quantitative estimate of drug-likeness (QED) is 0.418. The van der Waals surface area contributed by atoms with Gasteiger partial charge in [-0.1, -0.05) is 6.07 Å². The second kappa shape index (κ2) is 9.23. The number of amides is 3. The van der Waals surface area contributed by atoms with Crippen molar-refractivity contribution in [3.63, 3.8) is 0 Å². The largest absolute Gasteiger partial charge is 0.493 e. The number of ether oxygens (including phenoxy) is 1. The summed E-state index contributed by atoms with van der Waals surface area (Å²) >= 11 is 0. The van der Waals surface area contributed by atoms with Crippen LogP contribution in [0.25, 0.3) is 0 Å². The molecule has 7 rings (SSSR count). The van der Waals surface area contributed by atoms with Gasteiger partial charge in [0.15, 0.2) is 0 Å². The van der Waals surface area contributed by atoms with Gasteiger partial charge < -0.3 is 15.0 Å². The van der Waals surface area contributed by atoms with Gasteiger partial charge in [-0.2, -0.15) is 0 Å². The Labute approximate surface area is 207 Å². The number of fused-ring (bicyclic) bond motifs is 1. The second-order valence-corrected chi connectivity index (χ2v) is 11.7. The Morgan fingerprint density at radius 2 is 1.74 bits per heavy atom. The molecular formula is C28H37N3O4. The van der Waals surface area contributed by atoms with E-state index in [1.165, 1.54) is 44.9 Å². The first-order valence-electron chi connectivity index (χ1n) is 13.6. The average Bonchev–Trinajstić information content (AvgIpc) is 3.14. The molecule has 0 aromatic heterocycles. The summed E-state index contributed by atoms with van der Waals surface area (Å²) in [6, 6.07) is 4.96. The molecule has 0 spiro atoms. The number of unbranched alkanes of at least 4 members (excludes halogenated alkanes) is 2. The van der Waals surface area contributed by atoms with Crippen LogP contribution in [-0.2, 0) is 16.1 Å². The van der Waals surface area contributed by atoms with E-state index in [2.05, 4.69) is 10.6 Å². The van der Waals surface area contributed by atoms with Crippen molar-refractivity contribution in [2.45, 2.75) is 88.8 Å². The van der Waals surface area contributed by atoms with Gasteiger partial charge in [-0.05, 0) is 101 Å². The number of carbonyl (C=O) groups is 3. The molecule has 2 N–H and O–H groups in total. The van der Waals surface area contributed by atoms with Crippen molar-refractivity contribution in [3.05, 3.63) is 29.3 Å². The predicted molar refractivity (Wildman–Crippen MR) is 131 cm³/mol. The molecular weight excluding hydrogens is 442 g/mol. The molecule has 7 nitrogen and oxygen atoms in total. The summed E-state index contributed by atoms with van der Waals surface area (Å²) in [5, 5.41) is 6.33. The topological polar surface area (TPSA) is 87.7 Å². The molecule has 188 valence electrons. The summed E-state index contributed by atoms with van der Waals surface area (Å²) in [6.07, 6.45) is 12.6. The number of hydrogen-bond acceptors (Lipinski definition) is 5. The zero-order chi connectivity index (χ0) is 24.0. The van der Waals surface area contributed by atoms with Crippen LogP contribution in [0.1, 0.15) is 86.6 Å². The average molecular weight is 480 g/mol. The molecule has 6 aliphatic rings. The molecule has 1 aromatic rings. The fraction of sp³-hybridized carbons (Fsp3) is 0.679. The van der Waals surface area contributed by atoms with Gasteiger partial charge in [0.2, 0.25) is 11.8 Å². The number of hydrogen-bond donors (Lipinski definition) is 2. The lowest BCUT2D eigenvalue weighted by Gasteiger charge is -2.57. The number of imide groups is 1. The Morgan fingerprint density at radius 3 is 2.46 bits per heavy atom. The monoisotopic (exact) mass is 479 g/mol. The van der Waals surface area contributed by atoms with E-state index < -0.39 is 6.04 Å². The highest BCUT2D eigenvalue weighted by Gasteiger charge is 2.50. The highest BCUT2D eigenvalue weighted by Crippen LogP contribution is 2.55. The van der Waals surface area contributed by atoms with Crippen LogP contribution in [0.4, 0.5) is 0 Å². The van der Waals surface area contributed by atoms with Gasteiger partial charge in [0.25, 0.3) is 5.91 Å². The SMILES string of the molecule is O=C1CCC(N2Cc3c(OCCCCCNC45CC6CC(CC(C6)C4)C5)cccc3C2=O)C(=O)N1. The maximum absolute atomic E-state index is 13.0. The third kappa shape index (κ3) is 4.48. The number of nitrogens with zero attached hydrogens (tertiary/aromatic N) is 1. The van der Waals surface area contributed by atoms with E-state index in [-0.39, 0.29) is 24.1 Å². The van der Waals surface area contributed by atoms with Crippen LogP contribution in [0.3, 0.4) is 0 Å². The van der Waals surface area contributed by atoms with Crippen molar-refractivity contribution in [2.75, 3.05) is 13.2 Å². The zero-order valence-corrected chi connectivity index (χ0v) is 20.5. The smallest absolute Gasteiger partial charge is 0.255 e. The Bertz CT molecular complexity index is 986. The van der Waals surface area contributed by atoms with E-state index in [1.54, 1.807) is 11.0 Å². The summed E-state index contributed by atoms with van der Waals surface area (Å²) in [6.45, 7) is 2.08. The third-order valence-electron chi connectivity index (χ3n) is 9.16.